The van der Waals surface area contributed by atoms with E-state index in [9.17, 15) is 0 Å². The highest BCUT2D eigenvalue weighted by atomic mass is 15.3. The lowest BCUT2D eigenvalue weighted by Crippen LogP contribution is -2.26. The van der Waals surface area contributed by atoms with Crippen LogP contribution >= 0.6 is 0 Å². The van der Waals surface area contributed by atoms with Crippen molar-refractivity contribution in [2.45, 2.75) is 33.2 Å². The second-order valence-electron chi connectivity index (χ2n) is 5.59. The van der Waals surface area contributed by atoms with E-state index in [0.717, 1.165) is 37.0 Å². The maximum atomic E-state index is 4.71. The molecule has 0 saturated carbocycles. The fraction of sp³-hybridized carbons (Fsp3) is 0.444. The van der Waals surface area contributed by atoms with Crippen LogP contribution in [0.5, 0.6) is 0 Å². The molecule has 5 nitrogen and oxygen atoms in total. The molecule has 1 aromatic carbocycles. The molecule has 124 valence electrons. The van der Waals surface area contributed by atoms with E-state index in [0.29, 0.717) is 0 Å². The van der Waals surface area contributed by atoms with Gasteiger partial charge in [-0.05, 0) is 32.8 Å². The molecule has 2 rings (SSSR count). The molecule has 1 heterocycles. The summed E-state index contributed by atoms with van der Waals surface area (Å²) in [6.07, 6.45) is 2.80. The highest BCUT2D eigenvalue weighted by Crippen LogP contribution is 2.22. The largest absolute Gasteiger partial charge is 0.384 e. The van der Waals surface area contributed by atoms with Crippen molar-refractivity contribution in [1.82, 2.24) is 9.97 Å². The third kappa shape index (κ3) is 4.58. The van der Waals surface area contributed by atoms with E-state index in [2.05, 4.69) is 65.6 Å². The third-order valence-electron chi connectivity index (χ3n) is 3.86. The Kier molecular flexibility index (Phi) is 6.20. The van der Waals surface area contributed by atoms with Gasteiger partial charge in [0.1, 0.15) is 0 Å². The predicted molar refractivity (Wildman–Crippen MR) is 98.4 cm³/mol. The van der Waals surface area contributed by atoms with E-state index in [1.165, 1.54) is 5.56 Å². The molecule has 0 aliphatic carbocycles. The van der Waals surface area contributed by atoms with Gasteiger partial charge >= 0.3 is 0 Å². The van der Waals surface area contributed by atoms with Crippen LogP contribution in [0.4, 0.5) is 17.5 Å². The van der Waals surface area contributed by atoms with E-state index < -0.39 is 0 Å². The molecule has 0 fully saturated rings. The number of nitrogens with zero attached hydrogens (tertiary/aromatic N) is 3. The molecule has 0 amide bonds. The number of anilines is 3. The number of hydrogen-bond donors (Lipinski definition) is 2. The minimum absolute atomic E-state index is 0.281. The van der Waals surface area contributed by atoms with Crippen molar-refractivity contribution in [1.29, 1.82) is 0 Å². The zero-order valence-corrected chi connectivity index (χ0v) is 14.5. The summed E-state index contributed by atoms with van der Waals surface area (Å²) in [5.41, 5.74) is 2.23. The molecule has 0 unspecified atom stereocenters. The van der Waals surface area contributed by atoms with Gasteiger partial charge < -0.3 is 15.5 Å². The summed E-state index contributed by atoms with van der Waals surface area (Å²) < 4.78 is 0. The molecule has 0 aliphatic heterocycles. The first-order valence-corrected chi connectivity index (χ1v) is 8.28. The Hall–Kier alpha value is -2.30. The van der Waals surface area contributed by atoms with Gasteiger partial charge in [-0.2, -0.15) is 4.98 Å². The molecule has 0 aliphatic rings. The minimum atomic E-state index is 0.281. The van der Waals surface area contributed by atoms with E-state index in [-0.39, 0.29) is 6.04 Å². The first kappa shape index (κ1) is 17.1. The Morgan fingerprint density at radius 1 is 1.13 bits per heavy atom. The second-order valence-corrected chi connectivity index (χ2v) is 5.59. The summed E-state index contributed by atoms with van der Waals surface area (Å²) in [5.74, 6) is 1.62. The normalized spacial score (nSPS) is 11.8. The molecule has 0 spiro atoms. The molecule has 2 aromatic rings. The van der Waals surface area contributed by atoms with Gasteiger partial charge in [0, 0.05) is 26.2 Å². The van der Waals surface area contributed by atoms with Crippen molar-refractivity contribution < 1.29 is 0 Å². The minimum Gasteiger partial charge on any atom is -0.384 e. The van der Waals surface area contributed by atoms with Crippen LogP contribution in [0, 0.1) is 0 Å². The van der Waals surface area contributed by atoms with Crippen LogP contribution < -0.4 is 15.5 Å². The first-order valence-electron chi connectivity index (χ1n) is 8.28. The highest BCUT2D eigenvalue weighted by molar-refractivity contribution is 5.65. The average Bonchev–Trinajstić information content (AvgIpc) is 2.57. The fourth-order valence-corrected chi connectivity index (χ4v) is 2.58. The monoisotopic (exact) mass is 313 g/mol. The Morgan fingerprint density at radius 2 is 1.83 bits per heavy atom. The fourth-order valence-electron chi connectivity index (χ4n) is 2.58. The van der Waals surface area contributed by atoms with Crippen LogP contribution in [0.2, 0.25) is 0 Å². The Bertz CT molecular complexity index is 596. The summed E-state index contributed by atoms with van der Waals surface area (Å²) in [6, 6.07) is 10.8. The molecule has 23 heavy (non-hydrogen) atoms. The third-order valence-corrected chi connectivity index (χ3v) is 3.86. The highest BCUT2D eigenvalue weighted by Gasteiger charge is 2.12. The lowest BCUT2D eigenvalue weighted by Gasteiger charge is -2.22. The molecule has 5 heteroatoms. The molecular formula is C18H27N5. The van der Waals surface area contributed by atoms with Crippen LogP contribution in [0.15, 0.2) is 36.5 Å². The van der Waals surface area contributed by atoms with Crippen molar-refractivity contribution in [3.63, 3.8) is 0 Å². The van der Waals surface area contributed by atoms with Crippen molar-refractivity contribution in [2.24, 2.45) is 0 Å². The summed E-state index contributed by atoms with van der Waals surface area (Å²) in [5, 5.41) is 6.67. The van der Waals surface area contributed by atoms with Gasteiger partial charge in [-0.1, -0.05) is 30.3 Å². The summed E-state index contributed by atoms with van der Waals surface area (Å²) in [7, 11) is 1.89. The number of hydrogen-bond acceptors (Lipinski definition) is 5. The topological polar surface area (TPSA) is 53.1 Å². The van der Waals surface area contributed by atoms with Gasteiger partial charge in [-0.15, -0.1) is 0 Å². The standard InChI is InChI=1S/C18H27N5/c1-5-23(6-2)18-20-13-16(19-4)17(22-18)21-14(3)12-15-10-8-7-9-11-15/h7-11,13-14,19H,5-6,12H2,1-4H3,(H,20,21,22)/t14-/m1/s1. The van der Waals surface area contributed by atoms with Gasteiger partial charge in [0.05, 0.1) is 11.9 Å². The number of rotatable bonds is 8. The van der Waals surface area contributed by atoms with Gasteiger partial charge in [0.15, 0.2) is 5.82 Å². The van der Waals surface area contributed by atoms with E-state index in [1.54, 1.807) is 0 Å². The Morgan fingerprint density at radius 3 is 2.43 bits per heavy atom. The molecular weight excluding hydrogens is 286 g/mol. The number of aromatic nitrogens is 2. The van der Waals surface area contributed by atoms with Crippen LogP contribution in [0.3, 0.4) is 0 Å². The maximum Gasteiger partial charge on any atom is 0.227 e. The van der Waals surface area contributed by atoms with Crippen molar-refractivity contribution >= 4 is 17.5 Å². The molecule has 2 N–H and O–H groups in total. The van der Waals surface area contributed by atoms with Gasteiger partial charge in [-0.25, -0.2) is 4.98 Å². The Labute approximate surface area is 139 Å². The molecule has 0 bridgehead atoms. The van der Waals surface area contributed by atoms with Crippen molar-refractivity contribution in [3.8, 4) is 0 Å². The molecule has 0 radical (unpaired) electrons. The maximum absolute atomic E-state index is 4.71. The zero-order chi connectivity index (χ0) is 16.7. The summed E-state index contributed by atoms with van der Waals surface area (Å²) >= 11 is 0. The van der Waals surface area contributed by atoms with Crippen LogP contribution in [-0.4, -0.2) is 36.1 Å². The zero-order valence-electron chi connectivity index (χ0n) is 14.5. The van der Waals surface area contributed by atoms with Gasteiger partial charge in [0.25, 0.3) is 0 Å². The summed E-state index contributed by atoms with van der Waals surface area (Å²) in [6.45, 7) is 8.20. The van der Waals surface area contributed by atoms with E-state index in [1.807, 2.05) is 19.3 Å². The van der Waals surface area contributed by atoms with Crippen molar-refractivity contribution in [3.05, 3.63) is 42.1 Å². The molecule has 0 saturated heterocycles. The lowest BCUT2D eigenvalue weighted by atomic mass is 10.1. The van der Waals surface area contributed by atoms with Gasteiger partial charge in [0.2, 0.25) is 5.95 Å². The average molecular weight is 313 g/mol. The quantitative estimate of drug-likeness (QED) is 0.782. The predicted octanol–water partition coefficient (Wildman–Crippen LogP) is 3.41. The SMILES string of the molecule is CCN(CC)c1ncc(NC)c(N[C@H](C)Cc2ccccc2)n1. The van der Waals surface area contributed by atoms with Crippen LogP contribution in [-0.2, 0) is 6.42 Å². The smallest absolute Gasteiger partial charge is 0.227 e. The van der Waals surface area contributed by atoms with E-state index in [4.69, 9.17) is 4.98 Å². The van der Waals surface area contributed by atoms with Gasteiger partial charge in [-0.3, -0.25) is 0 Å². The first-order chi connectivity index (χ1) is 11.2. The second kappa shape index (κ2) is 8.36. The van der Waals surface area contributed by atoms with Crippen LogP contribution in [0.25, 0.3) is 0 Å². The molecule has 1 atom stereocenters. The number of benzene rings is 1. The Balaban J connectivity index is 2.14. The van der Waals surface area contributed by atoms with Crippen molar-refractivity contribution in [2.75, 3.05) is 35.7 Å². The van der Waals surface area contributed by atoms with Crippen LogP contribution in [0.1, 0.15) is 26.3 Å². The lowest BCUT2D eigenvalue weighted by molar-refractivity contribution is 0.777. The summed E-state index contributed by atoms with van der Waals surface area (Å²) in [4.78, 5) is 11.3. The molecule has 1 aromatic heterocycles. The number of nitrogens with one attached hydrogen (secondary N) is 2. The van der Waals surface area contributed by atoms with E-state index >= 15 is 0 Å².